The summed E-state index contributed by atoms with van der Waals surface area (Å²) < 4.78 is 53.3. The molecule has 0 fully saturated rings. The summed E-state index contributed by atoms with van der Waals surface area (Å²) in [5.74, 6) is 0. The van der Waals surface area contributed by atoms with Crippen LogP contribution < -0.4 is 0 Å². The minimum atomic E-state index is -3.95. The van der Waals surface area contributed by atoms with Gasteiger partial charge < -0.3 is 0 Å². The lowest BCUT2D eigenvalue weighted by Crippen LogP contribution is -2.13. The third-order valence-corrected chi connectivity index (χ3v) is 9.95. The van der Waals surface area contributed by atoms with Gasteiger partial charge in [-0.15, -0.1) is 0 Å². The van der Waals surface area contributed by atoms with Crippen LogP contribution in [0.4, 0.5) is 0 Å². The van der Waals surface area contributed by atoms with E-state index in [9.17, 15) is 16.8 Å². The molecule has 0 unspecified atom stereocenters. The summed E-state index contributed by atoms with van der Waals surface area (Å²) in [5.41, 5.74) is 3.91. The van der Waals surface area contributed by atoms with Crippen molar-refractivity contribution in [3.63, 3.8) is 0 Å². The van der Waals surface area contributed by atoms with Gasteiger partial charge in [0, 0.05) is 35.3 Å². The summed E-state index contributed by atoms with van der Waals surface area (Å²) in [6.45, 7) is 5.16. The molecule has 5 rings (SSSR count). The Balaban J connectivity index is 1.68. The lowest BCUT2D eigenvalue weighted by atomic mass is 10.1. The lowest BCUT2D eigenvalue weighted by molar-refractivity contribution is 0.586. The molecule has 3 aromatic heterocycles. The molecular weight excluding hydrogens is 508 g/mol. The van der Waals surface area contributed by atoms with Gasteiger partial charge in [-0.2, -0.15) is 0 Å². The largest absolute Gasteiger partial charge is 0.269 e. The van der Waals surface area contributed by atoms with Crippen LogP contribution >= 0.6 is 0 Å². The minimum absolute atomic E-state index is 0.139. The van der Waals surface area contributed by atoms with E-state index in [2.05, 4.69) is 9.97 Å². The van der Waals surface area contributed by atoms with Crippen molar-refractivity contribution in [2.75, 3.05) is 0 Å². The summed E-state index contributed by atoms with van der Waals surface area (Å²) in [4.78, 5) is 13.8. The monoisotopic (exact) mass is 532 g/mol. The van der Waals surface area contributed by atoms with Gasteiger partial charge in [0.25, 0.3) is 10.0 Å². The molecule has 8 nitrogen and oxygen atoms in total. The zero-order valence-electron chi connectivity index (χ0n) is 20.4. The fourth-order valence-corrected chi connectivity index (χ4v) is 6.30. The van der Waals surface area contributed by atoms with Crippen molar-refractivity contribution in [2.45, 2.75) is 35.8 Å². The van der Waals surface area contributed by atoms with Gasteiger partial charge in [0.1, 0.15) is 5.52 Å². The molecule has 188 valence electrons. The summed E-state index contributed by atoms with van der Waals surface area (Å²) in [6.07, 6.45) is 6.27. The van der Waals surface area contributed by atoms with Crippen LogP contribution in [0.1, 0.15) is 19.4 Å². The number of hydrogen-bond acceptors (Lipinski definition) is 7. The van der Waals surface area contributed by atoms with Gasteiger partial charge in [0.05, 0.1) is 26.9 Å². The normalized spacial score (nSPS) is 12.3. The van der Waals surface area contributed by atoms with E-state index >= 15 is 0 Å². The first-order valence-electron chi connectivity index (χ1n) is 11.5. The Hall–Kier alpha value is -3.89. The maximum absolute atomic E-state index is 13.6. The molecule has 0 bridgehead atoms. The molecule has 0 radical (unpaired) electrons. The van der Waals surface area contributed by atoms with E-state index < -0.39 is 25.1 Å². The van der Waals surface area contributed by atoms with E-state index in [1.165, 1.54) is 12.4 Å². The average Bonchev–Trinajstić information content (AvgIpc) is 3.29. The molecule has 2 aromatic carbocycles. The van der Waals surface area contributed by atoms with Crippen molar-refractivity contribution in [1.82, 2.24) is 18.9 Å². The van der Waals surface area contributed by atoms with Crippen LogP contribution in [0.5, 0.6) is 0 Å². The van der Waals surface area contributed by atoms with Crippen molar-refractivity contribution >= 4 is 31.0 Å². The predicted molar refractivity (Wildman–Crippen MR) is 142 cm³/mol. The molecule has 0 atom stereocenters. The third-order valence-electron chi connectivity index (χ3n) is 6.11. The molecule has 0 N–H and O–H groups in total. The second-order valence-electron chi connectivity index (χ2n) is 8.94. The average molecular weight is 533 g/mol. The number of nitrogens with zero attached hydrogens (tertiary/aromatic N) is 4. The number of pyridine rings is 1. The van der Waals surface area contributed by atoms with E-state index in [0.29, 0.717) is 27.9 Å². The van der Waals surface area contributed by atoms with Gasteiger partial charge in [-0.05, 0) is 51.1 Å². The Morgan fingerprint density at radius 1 is 0.811 bits per heavy atom. The first-order valence-corrected chi connectivity index (χ1v) is 14.5. The van der Waals surface area contributed by atoms with E-state index in [1.807, 2.05) is 13.0 Å². The first kappa shape index (κ1) is 24.8. The van der Waals surface area contributed by atoms with Gasteiger partial charge in [-0.25, -0.2) is 30.8 Å². The van der Waals surface area contributed by atoms with Crippen LogP contribution in [-0.4, -0.2) is 41.0 Å². The third kappa shape index (κ3) is 4.42. The van der Waals surface area contributed by atoms with E-state index in [4.69, 9.17) is 4.98 Å². The van der Waals surface area contributed by atoms with Gasteiger partial charge >= 0.3 is 0 Å². The number of hydrogen-bond donors (Lipinski definition) is 0. The van der Waals surface area contributed by atoms with Crippen LogP contribution in [0.3, 0.4) is 0 Å². The van der Waals surface area contributed by atoms with Crippen molar-refractivity contribution in [3.8, 4) is 22.4 Å². The number of benzene rings is 2. The van der Waals surface area contributed by atoms with Crippen molar-refractivity contribution < 1.29 is 16.8 Å². The van der Waals surface area contributed by atoms with Crippen LogP contribution in [0.25, 0.3) is 33.5 Å². The highest BCUT2D eigenvalue weighted by atomic mass is 32.2. The van der Waals surface area contributed by atoms with Crippen LogP contribution in [0, 0.1) is 6.92 Å². The Labute approximate surface area is 215 Å². The summed E-state index contributed by atoms with van der Waals surface area (Å²) >= 11 is 0. The molecule has 0 saturated heterocycles. The lowest BCUT2D eigenvalue weighted by Gasteiger charge is -2.09. The SMILES string of the molecule is Cc1ccc(S(=O)(=O)n2cc(-c3cccnc3)c3nc(-c4ccc(S(=O)(=O)C(C)C)cc4)cnc32)cc1. The number of fused-ring (bicyclic) bond motifs is 1. The van der Waals surface area contributed by atoms with Gasteiger partial charge in [-0.3, -0.25) is 4.98 Å². The molecule has 10 heteroatoms. The maximum atomic E-state index is 13.6. The highest BCUT2D eigenvalue weighted by Crippen LogP contribution is 2.32. The zero-order chi connectivity index (χ0) is 26.4. The van der Waals surface area contributed by atoms with Crippen molar-refractivity contribution in [1.29, 1.82) is 0 Å². The number of rotatable bonds is 6. The fraction of sp³-hybridized carbons (Fsp3) is 0.148. The standard InChI is InChI=1S/C27H24N4O4S2/c1-18(2)36(32,33)22-12-8-20(9-13-22)25-16-29-27-26(30-25)24(21-5-4-14-28-15-21)17-31(27)37(34,35)23-10-6-19(3)7-11-23/h4-18H,1-3H3. The second-order valence-corrected chi connectivity index (χ2v) is 13.3. The van der Waals surface area contributed by atoms with E-state index in [1.54, 1.807) is 80.8 Å². The summed E-state index contributed by atoms with van der Waals surface area (Å²) in [6, 6.07) is 16.6. The Bertz CT molecular complexity index is 1810. The molecule has 37 heavy (non-hydrogen) atoms. The number of aryl methyl sites for hydroxylation is 1. The molecule has 5 aromatic rings. The second kappa shape index (κ2) is 9.20. The van der Waals surface area contributed by atoms with Gasteiger partial charge in [0.2, 0.25) is 0 Å². The molecule has 0 spiro atoms. The smallest absolute Gasteiger partial charge is 0.264 e. The van der Waals surface area contributed by atoms with Crippen LogP contribution in [-0.2, 0) is 19.9 Å². The van der Waals surface area contributed by atoms with Crippen LogP contribution in [0.15, 0.2) is 95.2 Å². The Morgan fingerprint density at radius 2 is 1.49 bits per heavy atom. The molecule has 0 aliphatic carbocycles. The van der Waals surface area contributed by atoms with E-state index in [-0.39, 0.29) is 15.4 Å². The maximum Gasteiger partial charge on any atom is 0.269 e. The molecule has 0 aliphatic heterocycles. The van der Waals surface area contributed by atoms with Crippen LogP contribution in [0.2, 0.25) is 0 Å². The molecule has 0 aliphatic rings. The first-order chi connectivity index (χ1) is 17.6. The Kier molecular flexibility index (Phi) is 6.17. The zero-order valence-corrected chi connectivity index (χ0v) is 22.0. The highest BCUT2D eigenvalue weighted by Gasteiger charge is 2.24. The van der Waals surface area contributed by atoms with Gasteiger partial charge in [0.15, 0.2) is 15.5 Å². The van der Waals surface area contributed by atoms with E-state index in [0.717, 1.165) is 9.54 Å². The summed E-state index contributed by atoms with van der Waals surface area (Å²) in [5, 5.41) is -0.535. The highest BCUT2D eigenvalue weighted by molar-refractivity contribution is 7.92. The molecule has 0 saturated carbocycles. The van der Waals surface area contributed by atoms with Crippen molar-refractivity contribution in [3.05, 3.63) is 91.0 Å². The molecular formula is C27H24N4O4S2. The number of sulfone groups is 1. The molecule has 0 amide bonds. The van der Waals surface area contributed by atoms with Gasteiger partial charge in [-0.1, -0.05) is 35.9 Å². The quantitative estimate of drug-likeness (QED) is 0.306. The topological polar surface area (TPSA) is 112 Å². The minimum Gasteiger partial charge on any atom is -0.264 e. The number of aromatic nitrogens is 4. The molecule has 3 heterocycles. The fourth-order valence-electron chi connectivity index (χ4n) is 3.93. The van der Waals surface area contributed by atoms with Crippen molar-refractivity contribution in [2.24, 2.45) is 0 Å². The Morgan fingerprint density at radius 3 is 2.11 bits per heavy atom. The predicted octanol–water partition coefficient (Wildman–Crippen LogP) is 4.89. The summed E-state index contributed by atoms with van der Waals surface area (Å²) in [7, 11) is -7.36.